The molecule has 3 aliphatic rings. The van der Waals surface area contributed by atoms with Crippen molar-refractivity contribution in [2.45, 2.75) is 213 Å². The Kier molecular flexibility index (Phi) is 17.2. The molecule has 0 aromatic carbocycles. The SMILES string of the molecule is CCCCCCCCCCC(C(CC)CCCC)C1(C2CCCCC2)CC1C1CCCCCCCCCCC1. The van der Waals surface area contributed by atoms with Crippen molar-refractivity contribution in [1.82, 2.24) is 0 Å². The first-order valence-electron chi connectivity index (χ1n) is 19.3. The zero-order valence-corrected chi connectivity index (χ0v) is 27.6. The highest BCUT2D eigenvalue weighted by molar-refractivity contribution is 5.13. The predicted octanol–water partition coefficient (Wildman–Crippen LogP) is 13.9. The molecule has 230 valence electrons. The molecule has 39 heavy (non-hydrogen) atoms. The Bertz CT molecular complexity index is 561. The second kappa shape index (κ2) is 20.0. The summed E-state index contributed by atoms with van der Waals surface area (Å²) < 4.78 is 0. The minimum atomic E-state index is 0.748. The molecule has 0 N–H and O–H groups in total. The summed E-state index contributed by atoms with van der Waals surface area (Å²) in [5, 5.41) is 0. The molecule has 4 atom stereocenters. The van der Waals surface area contributed by atoms with Gasteiger partial charge in [0.2, 0.25) is 0 Å². The second-order valence-corrected chi connectivity index (χ2v) is 15.0. The van der Waals surface area contributed by atoms with E-state index in [4.69, 9.17) is 0 Å². The lowest BCUT2D eigenvalue weighted by atomic mass is 9.62. The van der Waals surface area contributed by atoms with Gasteiger partial charge in [0, 0.05) is 0 Å². The first-order chi connectivity index (χ1) is 19.3. The maximum Gasteiger partial charge on any atom is -0.0204 e. The third-order valence-corrected chi connectivity index (χ3v) is 12.3. The van der Waals surface area contributed by atoms with E-state index >= 15 is 0 Å². The van der Waals surface area contributed by atoms with Gasteiger partial charge in [0.25, 0.3) is 0 Å². The van der Waals surface area contributed by atoms with Crippen LogP contribution in [-0.4, -0.2) is 0 Å². The van der Waals surface area contributed by atoms with Crippen molar-refractivity contribution >= 4 is 0 Å². The lowest BCUT2D eigenvalue weighted by Crippen LogP contribution is -2.35. The average Bonchev–Trinajstić information content (AvgIpc) is 3.70. The van der Waals surface area contributed by atoms with Crippen LogP contribution >= 0.6 is 0 Å². The van der Waals surface area contributed by atoms with E-state index in [-0.39, 0.29) is 0 Å². The van der Waals surface area contributed by atoms with Gasteiger partial charge in [0.05, 0.1) is 0 Å². The third-order valence-electron chi connectivity index (χ3n) is 12.3. The maximum atomic E-state index is 2.57. The van der Waals surface area contributed by atoms with Crippen LogP contribution in [0.3, 0.4) is 0 Å². The fraction of sp³-hybridized carbons (Fsp3) is 1.00. The first kappa shape index (κ1) is 33.5. The van der Waals surface area contributed by atoms with Crippen LogP contribution in [0, 0.1) is 35.0 Å². The van der Waals surface area contributed by atoms with Crippen LogP contribution in [0.25, 0.3) is 0 Å². The lowest BCUT2D eigenvalue weighted by Gasteiger charge is -2.43. The molecule has 0 amide bonds. The Morgan fingerprint density at radius 1 is 0.513 bits per heavy atom. The van der Waals surface area contributed by atoms with Gasteiger partial charge in [0.15, 0.2) is 0 Å². The fourth-order valence-corrected chi connectivity index (χ4v) is 9.96. The molecule has 0 saturated heterocycles. The van der Waals surface area contributed by atoms with E-state index in [1.807, 2.05) is 0 Å². The third kappa shape index (κ3) is 11.0. The Hall–Kier alpha value is 0. The van der Waals surface area contributed by atoms with Crippen molar-refractivity contribution in [2.75, 3.05) is 0 Å². The van der Waals surface area contributed by atoms with Crippen molar-refractivity contribution in [2.24, 2.45) is 35.0 Å². The fourth-order valence-electron chi connectivity index (χ4n) is 9.96. The van der Waals surface area contributed by atoms with Crippen molar-refractivity contribution in [3.8, 4) is 0 Å². The van der Waals surface area contributed by atoms with E-state index in [1.165, 1.54) is 141 Å². The monoisotopic (exact) mass is 543 g/mol. The molecule has 0 heteroatoms. The van der Waals surface area contributed by atoms with Gasteiger partial charge in [-0.05, 0) is 60.7 Å². The van der Waals surface area contributed by atoms with Crippen molar-refractivity contribution in [3.63, 3.8) is 0 Å². The maximum absolute atomic E-state index is 2.57. The number of hydrogen-bond acceptors (Lipinski definition) is 0. The molecule has 3 fully saturated rings. The van der Waals surface area contributed by atoms with Gasteiger partial charge in [-0.25, -0.2) is 0 Å². The molecular formula is C39H74. The molecule has 0 radical (unpaired) electrons. The van der Waals surface area contributed by atoms with Gasteiger partial charge in [-0.2, -0.15) is 0 Å². The Morgan fingerprint density at radius 3 is 1.56 bits per heavy atom. The van der Waals surface area contributed by atoms with Crippen LogP contribution in [0.1, 0.15) is 213 Å². The molecule has 0 heterocycles. The van der Waals surface area contributed by atoms with Crippen LogP contribution in [0.15, 0.2) is 0 Å². The lowest BCUT2D eigenvalue weighted by molar-refractivity contribution is 0.0615. The summed E-state index contributed by atoms with van der Waals surface area (Å²) in [6, 6.07) is 0. The average molecular weight is 543 g/mol. The van der Waals surface area contributed by atoms with Gasteiger partial charge in [-0.1, -0.05) is 188 Å². The highest BCUT2D eigenvalue weighted by Gasteiger charge is 2.64. The van der Waals surface area contributed by atoms with Crippen LogP contribution in [0.2, 0.25) is 0 Å². The normalized spacial score (nSPS) is 27.9. The molecule has 0 aromatic rings. The minimum Gasteiger partial charge on any atom is -0.0654 e. The summed E-state index contributed by atoms with van der Waals surface area (Å²) in [4.78, 5) is 0. The van der Waals surface area contributed by atoms with Crippen LogP contribution in [0.5, 0.6) is 0 Å². The van der Waals surface area contributed by atoms with Gasteiger partial charge in [0.1, 0.15) is 0 Å². The van der Waals surface area contributed by atoms with E-state index in [0.29, 0.717) is 0 Å². The summed E-state index contributed by atoms with van der Waals surface area (Å²) in [7, 11) is 0. The molecule has 0 aliphatic heterocycles. The van der Waals surface area contributed by atoms with E-state index in [1.54, 1.807) is 51.4 Å². The summed E-state index contributed by atoms with van der Waals surface area (Å²) in [5.41, 5.74) is 0.748. The summed E-state index contributed by atoms with van der Waals surface area (Å²) in [6.07, 6.45) is 45.5. The van der Waals surface area contributed by atoms with Crippen molar-refractivity contribution in [1.29, 1.82) is 0 Å². The van der Waals surface area contributed by atoms with Crippen LogP contribution < -0.4 is 0 Å². The Morgan fingerprint density at radius 2 is 1.00 bits per heavy atom. The number of hydrogen-bond donors (Lipinski definition) is 0. The number of unbranched alkanes of at least 4 members (excludes halogenated alkanes) is 8. The van der Waals surface area contributed by atoms with E-state index in [2.05, 4.69) is 20.8 Å². The highest BCUT2D eigenvalue weighted by atomic mass is 14.7. The van der Waals surface area contributed by atoms with Gasteiger partial charge in [-0.3, -0.25) is 0 Å². The zero-order chi connectivity index (χ0) is 27.6. The molecule has 0 bridgehead atoms. The summed E-state index contributed by atoms with van der Waals surface area (Å²) in [6.45, 7) is 7.35. The Labute approximate surface area is 248 Å². The topological polar surface area (TPSA) is 0 Å². The molecule has 3 aliphatic carbocycles. The van der Waals surface area contributed by atoms with Gasteiger partial charge < -0.3 is 0 Å². The summed E-state index contributed by atoms with van der Waals surface area (Å²) in [5.74, 6) is 5.29. The first-order valence-corrected chi connectivity index (χ1v) is 19.3. The zero-order valence-electron chi connectivity index (χ0n) is 27.6. The van der Waals surface area contributed by atoms with E-state index in [0.717, 1.165) is 35.0 Å². The quantitative estimate of drug-likeness (QED) is 0.160. The van der Waals surface area contributed by atoms with Gasteiger partial charge in [-0.15, -0.1) is 0 Å². The van der Waals surface area contributed by atoms with Crippen molar-refractivity contribution in [3.05, 3.63) is 0 Å². The predicted molar refractivity (Wildman–Crippen MR) is 175 cm³/mol. The standard InChI is InChI=1S/C39H74/c1-4-7-9-10-11-17-20-26-32-37(34(6-3)27-8-5-2)39(36-30-24-21-25-31-36)33-38(39)35-28-22-18-15-13-12-14-16-19-23-29-35/h34-38H,4-33H2,1-3H3. The molecule has 0 nitrogen and oxygen atoms in total. The molecule has 3 rings (SSSR count). The summed E-state index contributed by atoms with van der Waals surface area (Å²) >= 11 is 0. The largest absolute Gasteiger partial charge is 0.0654 e. The van der Waals surface area contributed by atoms with Gasteiger partial charge >= 0.3 is 0 Å². The van der Waals surface area contributed by atoms with Crippen LogP contribution in [0.4, 0.5) is 0 Å². The van der Waals surface area contributed by atoms with Crippen LogP contribution in [-0.2, 0) is 0 Å². The molecule has 3 saturated carbocycles. The highest BCUT2D eigenvalue weighted by Crippen LogP contribution is 2.71. The smallest absolute Gasteiger partial charge is 0.0204 e. The van der Waals surface area contributed by atoms with E-state index < -0.39 is 0 Å². The molecular weight excluding hydrogens is 468 g/mol. The molecule has 0 aromatic heterocycles. The second-order valence-electron chi connectivity index (χ2n) is 15.0. The minimum absolute atomic E-state index is 0.748. The van der Waals surface area contributed by atoms with E-state index in [9.17, 15) is 0 Å². The Balaban J connectivity index is 1.73. The number of rotatable bonds is 17. The van der Waals surface area contributed by atoms with Crippen molar-refractivity contribution < 1.29 is 0 Å². The molecule has 4 unspecified atom stereocenters. The molecule has 0 spiro atoms.